The Morgan fingerprint density at radius 3 is 2.03 bits per heavy atom. The van der Waals surface area contributed by atoms with E-state index in [0.29, 0.717) is 32.9 Å². The van der Waals surface area contributed by atoms with Crippen molar-refractivity contribution in [1.29, 1.82) is 0 Å². The van der Waals surface area contributed by atoms with Gasteiger partial charge < -0.3 is 20.1 Å². The number of hydrogen-bond acceptors (Lipinski definition) is 5. The van der Waals surface area contributed by atoms with E-state index in [0.717, 1.165) is 5.56 Å². The second-order valence-electron chi connectivity index (χ2n) is 6.41. The third-order valence-corrected chi connectivity index (χ3v) is 4.66. The van der Waals surface area contributed by atoms with E-state index in [-0.39, 0.29) is 24.9 Å². The Bertz CT molecular complexity index is 906. The highest BCUT2D eigenvalue weighted by Crippen LogP contribution is 2.31. The first-order chi connectivity index (χ1) is 13.7. The molecule has 0 radical (unpaired) electrons. The first-order valence-corrected chi connectivity index (χ1v) is 9.45. The molecule has 0 atom stereocenters. The average molecular weight is 440 g/mol. The number of nitrogens with one attached hydrogen (secondary N) is 2. The van der Waals surface area contributed by atoms with Gasteiger partial charge in [0.25, 0.3) is 0 Å². The van der Waals surface area contributed by atoms with Crippen molar-refractivity contribution in [2.75, 3.05) is 45.0 Å². The molecule has 2 N–H and O–H groups in total. The highest BCUT2D eigenvalue weighted by atomic mass is 35.5. The third kappa shape index (κ3) is 6.52. The highest BCUT2D eigenvalue weighted by Gasteiger charge is 2.15. The summed E-state index contributed by atoms with van der Waals surface area (Å²) in [6, 6.07) is 8.30. The molecule has 0 spiro atoms. The van der Waals surface area contributed by atoms with E-state index in [9.17, 15) is 9.59 Å². The number of aryl methyl sites for hydroxylation is 1. The number of nitrogens with zero attached hydrogens (tertiary/aromatic N) is 1. The fraction of sp³-hybridized carbons (Fsp3) is 0.300. The van der Waals surface area contributed by atoms with E-state index < -0.39 is 0 Å². The Kier molecular flexibility index (Phi) is 8.13. The van der Waals surface area contributed by atoms with Crippen LogP contribution in [0.3, 0.4) is 0 Å². The van der Waals surface area contributed by atoms with Gasteiger partial charge in [-0.1, -0.05) is 23.2 Å². The maximum atomic E-state index is 12.4. The van der Waals surface area contributed by atoms with E-state index in [1.165, 1.54) is 14.2 Å². The number of rotatable bonds is 8. The lowest BCUT2D eigenvalue weighted by Gasteiger charge is -2.18. The predicted molar refractivity (Wildman–Crippen MR) is 116 cm³/mol. The van der Waals surface area contributed by atoms with Crippen LogP contribution in [-0.2, 0) is 9.59 Å². The van der Waals surface area contributed by atoms with Gasteiger partial charge in [-0.05, 0) is 43.8 Å². The van der Waals surface area contributed by atoms with Gasteiger partial charge in [-0.2, -0.15) is 0 Å². The summed E-state index contributed by atoms with van der Waals surface area (Å²) in [6.07, 6.45) is 0. The number of halogens is 2. The van der Waals surface area contributed by atoms with Crippen molar-refractivity contribution in [1.82, 2.24) is 4.90 Å². The fourth-order valence-corrected chi connectivity index (χ4v) is 2.96. The summed E-state index contributed by atoms with van der Waals surface area (Å²) in [6.45, 7) is 1.84. The summed E-state index contributed by atoms with van der Waals surface area (Å²) >= 11 is 12.0. The van der Waals surface area contributed by atoms with Crippen molar-refractivity contribution < 1.29 is 19.1 Å². The van der Waals surface area contributed by atoms with E-state index in [2.05, 4.69) is 10.6 Å². The standard InChI is InChI=1S/C20H23Cl2N3O4/c1-12-7-15(18(29-4)9-14(12)22)23-19(26)10-25(2)11-20(27)24-16-8-13(21)5-6-17(16)28-3/h5-9H,10-11H2,1-4H3,(H,23,26)(H,24,27). The molecule has 2 aromatic rings. The number of ether oxygens (including phenoxy) is 2. The van der Waals surface area contributed by atoms with Crippen LogP contribution in [0.4, 0.5) is 11.4 Å². The largest absolute Gasteiger partial charge is 0.495 e. The zero-order chi connectivity index (χ0) is 21.6. The van der Waals surface area contributed by atoms with Crippen molar-refractivity contribution in [3.63, 3.8) is 0 Å². The number of amides is 2. The topological polar surface area (TPSA) is 79.9 Å². The maximum Gasteiger partial charge on any atom is 0.238 e. The molecule has 0 aliphatic rings. The van der Waals surface area contributed by atoms with Gasteiger partial charge in [0.05, 0.1) is 38.7 Å². The van der Waals surface area contributed by atoms with Crippen molar-refractivity contribution in [3.8, 4) is 11.5 Å². The molecule has 2 aromatic carbocycles. The van der Waals surface area contributed by atoms with Crippen LogP contribution in [-0.4, -0.2) is 51.1 Å². The van der Waals surface area contributed by atoms with Crippen molar-refractivity contribution >= 4 is 46.4 Å². The van der Waals surface area contributed by atoms with Crippen LogP contribution >= 0.6 is 23.2 Å². The lowest BCUT2D eigenvalue weighted by Crippen LogP contribution is -2.36. The Labute approximate surface area is 179 Å². The van der Waals surface area contributed by atoms with Gasteiger partial charge in [0.1, 0.15) is 11.5 Å². The van der Waals surface area contributed by atoms with E-state index in [4.69, 9.17) is 32.7 Å². The van der Waals surface area contributed by atoms with Gasteiger partial charge in [0.15, 0.2) is 0 Å². The molecule has 0 saturated carbocycles. The van der Waals surface area contributed by atoms with Crippen LogP contribution < -0.4 is 20.1 Å². The van der Waals surface area contributed by atoms with Crippen molar-refractivity contribution in [2.45, 2.75) is 6.92 Å². The second-order valence-corrected chi connectivity index (χ2v) is 7.26. The molecule has 2 amide bonds. The molecule has 0 aromatic heterocycles. The molecular formula is C20H23Cl2N3O4. The molecular weight excluding hydrogens is 417 g/mol. The smallest absolute Gasteiger partial charge is 0.238 e. The van der Waals surface area contributed by atoms with Crippen LogP contribution in [0.1, 0.15) is 5.56 Å². The molecule has 0 heterocycles. The summed E-state index contributed by atoms with van der Waals surface area (Å²) in [5.74, 6) is 0.359. The van der Waals surface area contributed by atoms with Gasteiger partial charge in [-0.25, -0.2) is 0 Å². The number of carbonyl (C=O) groups excluding carboxylic acids is 2. The van der Waals surface area contributed by atoms with Gasteiger partial charge in [-0.15, -0.1) is 0 Å². The molecule has 0 aliphatic heterocycles. The minimum Gasteiger partial charge on any atom is -0.495 e. The quantitative estimate of drug-likeness (QED) is 0.653. The van der Waals surface area contributed by atoms with Crippen LogP contribution in [0, 0.1) is 6.92 Å². The summed E-state index contributed by atoms with van der Waals surface area (Å²) in [4.78, 5) is 26.2. The minimum atomic E-state index is -0.305. The monoisotopic (exact) mass is 439 g/mol. The first-order valence-electron chi connectivity index (χ1n) is 8.69. The number of hydrogen-bond donors (Lipinski definition) is 2. The number of methoxy groups -OCH3 is 2. The SMILES string of the molecule is COc1ccc(Cl)cc1NC(=O)CN(C)CC(=O)Nc1cc(C)c(Cl)cc1OC. The van der Waals surface area contributed by atoms with Gasteiger partial charge >= 0.3 is 0 Å². The molecule has 0 fully saturated rings. The molecule has 9 heteroatoms. The van der Waals surface area contributed by atoms with Crippen LogP contribution in [0.15, 0.2) is 30.3 Å². The molecule has 7 nitrogen and oxygen atoms in total. The second kappa shape index (κ2) is 10.3. The number of likely N-dealkylation sites (N-methyl/N-ethyl adjacent to an activating group) is 1. The van der Waals surface area contributed by atoms with Gasteiger partial charge in [0, 0.05) is 16.1 Å². The zero-order valence-corrected chi connectivity index (χ0v) is 18.1. The number of anilines is 2. The molecule has 0 unspecified atom stereocenters. The van der Waals surface area contributed by atoms with E-state index in [1.54, 1.807) is 42.3 Å². The lowest BCUT2D eigenvalue weighted by molar-refractivity contribution is -0.119. The molecule has 0 saturated heterocycles. The Hall–Kier alpha value is -2.48. The summed E-state index contributed by atoms with van der Waals surface area (Å²) in [5.41, 5.74) is 1.79. The fourth-order valence-electron chi connectivity index (χ4n) is 2.63. The summed E-state index contributed by atoms with van der Waals surface area (Å²) < 4.78 is 10.5. The summed E-state index contributed by atoms with van der Waals surface area (Å²) in [7, 11) is 4.66. The molecule has 0 bridgehead atoms. The predicted octanol–water partition coefficient (Wildman–Crippen LogP) is 3.83. The Morgan fingerprint density at radius 1 is 0.931 bits per heavy atom. The number of benzene rings is 2. The maximum absolute atomic E-state index is 12.4. The molecule has 0 aliphatic carbocycles. The normalized spacial score (nSPS) is 10.6. The highest BCUT2D eigenvalue weighted by molar-refractivity contribution is 6.31. The van der Waals surface area contributed by atoms with Gasteiger partial charge in [0.2, 0.25) is 11.8 Å². The Balaban J connectivity index is 1.94. The molecule has 156 valence electrons. The van der Waals surface area contributed by atoms with Crippen LogP contribution in [0.5, 0.6) is 11.5 Å². The van der Waals surface area contributed by atoms with E-state index >= 15 is 0 Å². The van der Waals surface area contributed by atoms with Crippen molar-refractivity contribution in [2.24, 2.45) is 0 Å². The van der Waals surface area contributed by atoms with E-state index in [1.807, 2.05) is 6.92 Å². The molecule has 29 heavy (non-hydrogen) atoms. The Morgan fingerprint density at radius 2 is 1.48 bits per heavy atom. The van der Waals surface area contributed by atoms with Crippen LogP contribution in [0.25, 0.3) is 0 Å². The lowest BCUT2D eigenvalue weighted by atomic mass is 10.2. The number of carbonyl (C=O) groups is 2. The summed E-state index contributed by atoms with van der Waals surface area (Å²) in [5, 5.41) is 6.53. The third-order valence-electron chi connectivity index (χ3n) is 4.02. The molecule has 2 rings (SSSR count). The zero-order valence-electron chi connectivity index (χ0n) is 16.6. The average Bonchev–Trinajstić information content (AvgIpc) is 2.64. The van der Waals surface area contributed by atoms with Crippen molar-refractivity contribution in [3.05, 3.63) is 45.9 Å². The van der Waals surface area contributed by atoms with Crippen LogP contribution in [0.2, 0.25) is 10.0 Å². The first kappa shape index (κ1) is 22.8. The minimum absolute atomic E-state index is 0.000131. The van der Waals surface area contributed by atoms with Gasteiger partial charge in [-0.3, -0.25) is 14.5 Å².